The fourth-order valence-corrected chi connectivity index (χ4v) is 2.63. The number of hydrogen-bond donors (Lipinski definition) is 1. The number of nitrogens with one attached hydrogen (secondary N) is 1. The van der Waals surface area contributed by atoms with E-state index in [1.54, 1.807) is 0 Å². The van der Waals surface area contributed by atoms with Gasteiger partial charge in [-0.05, 0) is 50.7 Å². The van der Waals surface area contributed by atoms with Crippen LogP contribution >= 0.6 is 0 Å². The van der Waals surface area contributed by atoms with E-state index in [1.165, 1.54) is 6.42 Å². The molecule has 1 aliphatic rings. The lowest BCUT2D eigenvalue weighted by atomic mass is 10.2. The van der Waals surface area contributed by atoms with Gasteiger partial charge in [-0.2, -0.15) is 0 Å². The van der Waals surface area contributed by atoms with Crippen LogP contribution in [0.15, 0.2) is 24.3 Å². The van der Waals surface area contributed by atoms with Crippen molar-refractivity contribution < 1.29 is 9.47 Å². The molecule has 112 valence electrons. The van der Waals surface area contributed by atoms with Crippen molar-refractivity contribution in [3.8, 4) is 11.5 Å². The van der Waals surface area contributed by atoms with Gasteiger partial charge in [0, 0.05) is 19.1 Å². The van der Waals surface area contributed by atoms with Crippen LogP contribution in [0.5, 0.6) is 11.5 Å². The van der Waals surface area contributed by atoms with Crippen LogP contribution in [0.2, 0.25) is 0 Å². The third kappa shape index (κ3) is 4.39. The second-order valence-corrected chi connectivity index (χ2v) is 5.03. The highest BCUT2D eigenvalue weighted by Gasteiger charge is 2.20. The number of likely N-dealkylation sites (N-methyl/N-ethyl adjacent to an activating group) is 1. The molecule has 0 aliphatic carbocycles. The van der Waals surface area contributed by atoms with Crippen LogP contribution in [0, 0.1) is 0 Å². The molecule has 4 nitrogen and oxygen atoms in total. The van der Waals surface area contributed by atoms with Gasteiger partial charge in [0.15, 0.2) is 0 Å². The summed E-state index contributed by atoms with van der Waals surface area (Å²) in [6, 6.07) is 8.52. The van der Waals surface area contributed by atoms with Gasteiger partial charge in [0.1, 0.15) is 18.1 Å². The average molecular weight is 278 g/mol. The highest BCUT2D eigenvalue weighted by atomic mass is 16.5. The summed E-state index contributed by atoms with van der Waals surface area (Å²) in [7, 11) is 0. The van der Waals surface area contributed by atoms with Crippen LogP contribution in [0.3, 0.4) is 0 Å². The molecule has 1 atom stereocenters. The molecule has 1 aliphatic heterocycles. The van der Waals surface area contributed by atoms with Crippen molar-refractivity contribution in [2.45, 2.75) is 26.3 Å². The highest BCUT2D eigenvalue weighted by Crippen LogP contribution is 2.17. The Morgan fingerprint density at radius 3 is 2.40 bits per heavy atom. The molecule has 0 aromatic heterocycles. The minimum atomic E-state index is 0.670. The summed E-state index contributed by atoms with van der Waals surface area (Å²) in [5, 5.41) is 3.42. The number of rotatable bonds is 8. The first-order valence-electron chi connectivity index (χ1n) is 7.64. The molecular formula is C16H26N2O2. The molecule has 1 N–H and O–H groups in total. The van der Waals surface area contributed by atoms with E-state index in [0.29, 0.717) is 12.6 Å². The predicted octanol–water partition coefficient (Wildman–Crippen LogP) is 2.15. The summed E-state index contributed by atoms with van der Waals surface area (Å²) >= 11 is 0. The molecule has 1 aromatic rings. The second-order valence-electron chi connectivity index (χ2n) is 5.03. The fourth-order valence-electron chi connectivity index (χ4n) is 2.63. The maximum Gasteiger partial charge on any atom is 0.119 e. The third-order valence-electron chi connectivity index (χ3n) is 3.74. The zero-order chi connectivity index (χ0) is 14.2. The maximum atomic E-state index is 5.81. The van der Waals surface area contributed by atoms with Crippen LogP contribution in [0.25, 0.3) is 0 Å². The zero-order valence-electron chi connectivity index (χ0n) is 12.6. The van der Waals surface area contributed by atoms with E-state index in [-0.39, 0.29) is 0 Å². The van der Waals surface area contributed by atoms with Crippen LogP contribution in [-0.4, -0.2) is 50.3 Å². The summed E-state index contributed by atoms with van der Waals surface area (Å²) in [5.74, 6) is 1.81. The first kappa shape index (κ1) is 15.1. The van der Waals surface area contributed by atoms with E-state index in [2.05, 4.69) is 17.1 Å². The Balaban J connectivity index is 1.73. The van der Waals surface area contributed by atoms with Gasteiger partial charge < -0.3 is 14.8 Å². The molecule has 1 aromatic carbocycles. The quantitative estimate of drug-likeness (QED) is 0.790. The van der Waals surface area contributed by atoms with Crippen molar-refractivity contribution in [3.63, 3.8) is 0 Å². The van der Waals surface area contributed by atoms with E-state index in [1.807, 2.05) is 31.2 Å². The molecule has 0 bridgehead atoms. The lowest BCUT2D eigenvalue weighted by molar-refractivity contribution is 0.174. The van der Waals surface area contributed by atoms with Crippen molar-refractivity contribution in [2.75, 3.05) is 39.4 Å². The van der Waals surface area contributed by atoms with Crippen LogP contribution in [-0.2, 0) is 0 Å². The van der Waals surface area contributed by atoms with E-state index in [4.69, 9.17) is 9.47 Å². The fraction of sp³-hybridized carbons (Fsp3) is 0.625. The highest BCUT2D eigenvalue weighted by molar-refractivity contribution is 5.31. The van der Waals surface area contributed by atoms with Crippen molar-refractivity contribution in [1.29, 1.82) is 0 Å². The van der Waals surface area contributed by atoms with Gasteiger partial charge in [0.05, 0.1) is 6.61 Å². The van der Waals surface area contributed by atoms with Gasteiger partial charge in [0.2, 0.25) is 0 Å². The van der Waals surface area contributed by atoms with Crippen molar-refractivity contribution in [3.05, 3.63) is 24.3 Å². The van der Waals surface area contributed by atoms with E-state index >= 15 is 0 Å². The van der Waals surface area contributed by atoms with E-state index in [0.717, 1.165) is 44.3 Å². The Kier molecular flexibility index (Phi) is 6.15. The minimum Gasteiger partial charge on any atom is -0.494 e. The normalized spacial score (nSPS) is 18.4. The SMILES string of the molecule is CCOc1ccc(OCCN(CC)C2CCNC2)cc1. The molecule has 0 radical (unpaired) electrons. The Morgan fingerprint density at radius 1 is 1.15 bits per heavy atom. The van der Waals surface area contributed by atoms with Crippen molar-refractivity contribution >= 4 is 0 Å². The van der Waals surface area contributed by atoms with Gasteiger partial charge in [-0.3, -0.25) is 4.90 Å². The molecule has 0 amide bonds. The molecular weight excluding hydrogens is 252 g/mol. The summed E-state index contributed by atoms with van der Waals surface area (Å²) in [5.41, 5.74) is 0. The average Bonchev–Trinajstić information content (AvgIpc) is 3.00. The van der Waals surface area contributed by atoms with Crippen LogP contribution in [0.1, 0.15) is 20.3 Å². The van der Waals surface area contributed by atoms with Crippen LogP contribution in [0.4, 0.5) is 0 Å². The number of nitrogens with zero attached hydrogens (tertiary/aromatic N) is 1. The summed E-state index contributed by atoms with van der Waals surface area (Å²) in [4.78, 5) is 2.49. The standard InChI is InChI=1S/C16H26N2O2/c1-3-18(14-9-10-17-13-14)11-12-20-16-7-5-15(6-8-16)19-4-2/h5-8,14,17H,3-4,9-13H2,1-2H3. The predicted molar refractivity (Wildman–Crippen MR) is 81.6 cm³/mol. The Labute approximate surface area is 122 Å². The van der Waals surface area contributed by atoms with Gasteiger partial charge in [-0.25, -0.2) is 0 Å². The first-order valence-corrected chi connectivity index (χ1v) is 7.64. The molecule has 1 unspecified atom stereocenters. The van der Waals surface area contributed by atoms with Gasteiger partial charge in [-0.1, -0.05) is 6.92 Å². The maximum absolute atomic E-state index is 5.81. The number of hydrogen-bond acceptors (Lipinski definition) is 4. The minimum absolute atomic E-state index is 0.670. The van der Waals surface area contributed by atoms with Crippen molar-refractivity contribution in [2.24, 2.45) is 0 Å². The molecule has 2 rings (SSSR count). The molecule has 1 heterocycles. The lowest BCUT2D eigenvalue weighted by Crippen LogP contribution is -2.39. The summed E-state index contributed by atoms with van der Waals surface area (Å²) in [6.45, 7) is 9.95. The Morgan fingerprint density at radius 2 is 1.85 bits per heavy atom. The number of ether oxygens (including phenoxy) is 2. The molecule has 0 spiro atoms. The third-order valence-corrected chi connectivity index (χ3v) is 3.74. The topological polar surface area (TPSA) is 33.7 Å². The Hall–Kier alpha value is -1.26. The molecule has 1 fully saturated rings. The molecule has 20 heavy (non-hydrogen) atoms. The monoisotopic (exact) mass is 278 g/mol. The van der Waals surface area contributed by atoms with Gasteiger partial charge in [-0.15, -0.1) is 0 Å². The van der Waals surface area contributed by atoms with E-state index < -0.39 is 0 Å². The molecule has 0 saturated carbocycles. The Bertz CT molecular complexity index is 375. The zero-order valence-corrected chi connectivity index (χ0v) is 12.6. The molecule has 1 saturated heterocycles. The largest absolute Gasteiger partial charge is 0.494 e. The second kappa shape index (κ2) is 8.12. The van der Waals surface area contributed by atoms with Gasteiger partial charge in [0.25, 0.3) is 0 Å². The molecule has 4 heteroatoms. The van der Waals surface area contributed by atoms with Crippen molar-refractivity contribution in [1.82, 2.24) is 10.2 Å². The summed E-state index contributed by atoms with van der Waals surface area (Å²) in [6.07, 6.45) is 1.25. The van der Waals surface area contributed by atoms with Crippen LogP contribution < -0.4 is 14.8 Å². The number of benzene rings is 1. The first-order chi connectivity index (χ1) is 9.83. The lowest BCUT2D eigenvalue weighted by Gasteiger charge is -2.26. The van der Waals surface area contributed by atoms with Gasteiger partial charge >= 0.3 is 0 Å². The van der Waals surface area contributed by atoms with E-state index in [9.17, 15) is 0 Å². The summed E-state index contributed by atoms with van der Waals surface area (Å²) < 4.78 is 11.2. The smallest absolute Gasteiger partial charge is 0.119 e.